The van der Waals surface area contributed by atoms with Gasteiger partial charge >= 0.3 is 0 Å². The number of nitrogens with zero attached hydrogens (tertiary/aromatic N) is 2. The van der Waals surface area contributed by atoms with Crippen LogP contribution in [0.25, 0.3) is 0 Å². The summed E-state index contributed by atoms with van der Waals surface area (Å²) in [6.45, 7) is 9.33. The van der Waals surface area contributed by atoms with Crippen LogP contribution in [0.1, 0.15) is 35.8 Å². The highest BCUT2D eigenvalue weighted by Gasteiger charge is 2.06. The number of thiazole rings is 1. The van der Waals surface area contributed by atoms with Crippen molar-refractivity contribution in [2.75, 3.05) is 13.6 Å². The molecule has 0 saturated heterocycles. The van der Waals surface area contributed by atoms with Crippen molar-refractivity contribution in [3.8, 4) is 0 Å². The van der Waals surface area contributed by atoms with Crippen LogP contribution in [0.15, 0.2) is 4.99 Å². The molecule has 0 radical (unpaired) electrons. The maximum absolute atomic E-state index is 4.44. The molecule has 18 heavy (non-hydrogen) atoms. The van der Waals surface area contributed by atoms with Gasteiger partial charge in [-0.2, -0.15) is 0 Å². The van der Waals surface area contributed by atoms with Gasteiger partial charge in [0, 0.05) is 30.9 Å². The summed E-state index contributed by atoms with van der Waals surface area (Å²) in [5, 5.41) is 7.83. The third-order valence-electron chi connectivity index (χ3n) is 2.86. The third kappa shape index (κ3) is 4.64. The Kier molecular flexibility index (Phi) is 6.12. The summed E-state index contributed by atoms with van der Waals surface area (Å²) in [6, 6.07) is 0.448. The highest BCUT2D eigenvalue weighted by atomic mass is 32.1. The second kappa shape index (κ2) is 7.36. The molecule has 2 N–H and O–H groups in total. The van der Waals surface area contributed by atoms with Crippen molar-refractivity contribution in [3.63, 3.8) is 0 Å². The number of aliphatic imine (C=N–C) groups is 1. The largest absolute Gasteiger partial charge is 0.356 e. The SMILES string of the molecule is CCC(C)NC(=NC)NCCc1sc(C)nc1C. The number of nitrogens with one attached hydrogen (secondary N) is 2. The zero-order chi connectivity index (χ0) is 13.5. The van der Waals surface area contributed by atoms with Crippen LogP contribution in [0.3, 0.4) is 0 Å². The molecule has 0 amide bonds. The van der Waals surface area contributed by atoms with Crippen LogP contribution in [0.4, 0.5) is 0 Å². The molecule has 4 nitrogen and oxygen atoms in total. The van der Waals surface area contributed by atoms with E-state index < -0.39 is 0 Å². The van der Waals surface area contributed by atoms with E-state index >= 15 is 0 Å². The van der Waals surface area contributed by atoms with Gasteiger partial charge < -0.3 is 10.6 Å². The van der Waals surface area contributed by atoms with Gasteiger partial charge in [0.2, 0.25) is 0 Å². The van der Waals surface area contributed by atoms with Crippen molar-refractivity contribution >= 4 is 17.3 Å². The van der Waals surface area contributed by atoms with Crippen LogP contribution in [0, 0.1) is 13.8 Å². The van der Waals surface area contributed by atoms with Crippen LogP contribution in [0.5, 0.6) is 0 Å². The van der Waals surface area contributed by atoms with Crippen molar-refractivity contribution in [3.05, 3.63) is 15.6 Å². The molecule has 1 aromatic rings. The van der Waals surface area contributed by atoms with Gasteiger partial charge in [0.15, 0.2) is 5.96 Å². The van der Waals surface area contributed by atoms with E-state index in [4.69, 9.17) is 0 Å². The van der Waals surface area contributed by atoms with Crippen LogP contribution in [-0.2, 0) is 6.42 Å². The molecule has 1 heterocycles. The number of hydrogen-bond donors (Lipinski definition) is 2. The predicted octanol–water partition coefficient (Wildman–Crippen LogP) is 2.27. The van der Waals surface area contributed by atoms with Crippen LogP contribution < -0.4 is 10.6 Å². The lowest BCUT2D eigenvalue weighted by Gasteiger charge is -2.16. The van der Waals surface area contributed by atoms with Crippen molar-refractivity contribution < 1.29 is 0 Å². The maximum atomic E-state index is 4.44. The lowest BCUT2D eigenvalue weighted by Crippen LogP contribution is -2.42. The summed E-state index contributed by atoms with van der Waals surface area (Å²) >= 11 is 1.78. The highest BCUT2D eigenvalue weighted by Crippen LogP contribution is 2.16. The normalized spacial score (nSPS) is 13.5. The van der Waals surface area contributed by atoms with Crippen molar-refractivity contribution in [1.29, 1.82) is 0 Å². The Balaban J connectivity index is 2.38. The van der Waals surface area contributed by atoms with Crippen molar-refractivity contribution in [2.24, 2.45) is 4.99 Å². The first-order chi connectivity index (χ1) is 8.56. The number of aromatic nitrogens is 1. The molecule has 1 unspecified atom stereocenters. The number of aryl methyl sites for hydroxylation is 2. The minimum Gasteiger partial charge on any atom is -0.356 e. The molecule has 102 valence electrons. The van der Waals surface area contributed by atoms with E-state index in [1.807, 2.05) is 0 Å². The number of rotatable bonds is 5. The summed E-state index contributed by atoms with van der Waals surface area (Å²) in [4.78, 5) is 10.0. The molecule has 1 aromatic heterocycles. The van der Waals surface area contributed by atoms with Gasteiger partial charge in [-0.15, -0.1) is 11.3 Å². The molecule has 1 atom stereocenters. The zero-order valence-corrected chi connectivity index (χ0v) is 12.8. The van der Waals surface area contributed by atoms with E-state index in [9.17, 15) is 0 Å². The van der Waals surface area contributed by atoms with Crippen LogP contribution in [0.2, 0.25) is 0 Å². The molecule has 5 heteroatoms. The van der Waals surface area contributed by atoms with E-state index in [0.717, 1.165) is 36.0 Å². The zero-order valence-electron chi connectivity index (χ0n) is 12.0. The van der Waals surface area contributed by atoms with Gasteiger partial charge in [-0.05, 0) is 27.2 Å². The maximum Gasteiger partial charge on any atom is 0.191 e. The minimum absolute atomic E-state index is 0.448. The second-order valence-corrected chi connectivity index (χ2v) is 5.73. The van der Waals surface area contributed by atoms with Gasteiger partial charge in [0.25, 0.3) is 0 Å². The molecule has 0 saturated carbocycles. The van der Waals surface area contributed by atoms with Gasteiger partial charge in [-0.3, -0.25) is 4.99 Å². The van der Waals surface area contributed by atoms with E-state index in [1.165, 1.54) is 4.88 Å². The Morgan fingerprint density at radius 2 is 2.17 bits per heavy atom. The van der Waals surface area contributed by atoms with E-state index in [-0.39, 0.29) is 0 Å². The summed E-state index contributed by atoms with van der Waals surface area (Å²) in [7, 11) is 1.81. The van der Waals surface area contributed by atoms with Crippen LogP contribution in [-0.4, -0.2) is 30.6 Å². The quantitative estimate of drug-likeness (QED) is 0.636. The molecule has 0 aliphatic rings. The molecule has 0 bridgehead atoms. The number of hydrogen-bond acceptors (Lipinski definition) is 3. The van der Waals surface area contributed by atoms with Gasteiger partial charge in [0.05, 0.1) is 10.7 Å². The second-order valence-electron chi connectivity index (χ2n) is 4.44. The Bertz CT molecular complexity index is 398. The standard InChI is InChI=1S/C13H24N4S/c1-6-9(2)16-13(14-5)15-8-7-12-10(3)17-11(4)18-12/h9H,6-8H2,1-5H3,(H2,14,15,16). The molecule has 0 aliphatic carbocycles. The molecule has 1 rings (SSSR count). The molecule has 0 fully saturated rings. The van der Waals surface area contributed by atoms with E-state index in [0.29, 0.717) is 6.04 Å². The Labute approximate surface area is 114 Å². The van der Waals surface area contributed by atoms with E-state index in [2.05, 4.69) is 48.3 Å². The monoisotopic (exact) mass is 268 g/mol. The van der Waals surface area contributed by atoms with E-state index in [1.54, 1.807) is 18.4 Å². The molecule has 0 spiro atoms. The molecular weight excluding hydrogens is 244 g/mol. The average Bonchev–Trinajstić information content (AvgIpc) is 2.66. The Hall–Kier alpha value is -1.10. The Morgan fingerprint density at radius 3 is 2.67 bits per heavy atom. The smallest absolute Gasteiger partial charge is 0.191 e. The Morgan fingerprint density at radius 1 is 1.44 bits per heavy atom. The molecular formula is C13H24N4S. The third-order valence-corrected chi connectivity index (χ3v) is 4.00. The summed E-state index contributed by atoms with van der Waals surface area (Å²) in [6.07, 6.45) is 2.09. The first-order valence-electron chi connectivity index (χ1n) is 6.46. The number of guanidine groups is 1. The van der Waals surface area contributed by atoms with Crippen molar-refractivity contribution in [1.82, 2.24) is 15.6 Å². The fourth-order valence-corrected chi connectivity index (χ4v) is 2.57. The van der Waals surface area contributed by atoms with Gasteiger partial charge in [-0.1, -0.05) is 6.92 Å². The fourth-order valence-electron chi connectivity index (χ4n) is 1.63. The van der Waals surface area contributed by atoms with Gasteiger partial charge in [0.1, 0.15) is 0 Å². The topological polar surface area (TPSA) is 49.3 Å². The highest BCUT2D eigenvalue weighted by molar-refractivity contribution is 7.11. The fraction of sp³-hybridized carbons (Fsp3) is 0.692. The lowest BCUT2D eigenvalue weighted by atomic mass is 10.3. The first kappa shape index (κ1) is 15.0. The summed E-state index contributed by atoms with van der Waals surface area (Å²) < 4.78 is 0. The minimum atomic E-state index is 0.448. The molecule has 0 aliphatic heterocycles. The predicted molar refractivity (Wildman–Crippen MR) is 79.5 cm³/mol. The van der Waals surface area contributed by atoms with Gasteiger partial charge in [-0.25, -0.2) is 4.98 Å². The first-order valence-corrected chi connectivity index (χ1v) is 7.28. The average molecular weight is 268 g/mol. The molecule has 0 aromatic carbocycles. The summed E-state index contributed by atoms with van der Waals surface area (Å²) in [5.41, 5.74) is 1.16. The summed E-state index contributed by atoms with van der Waals surface area (Å²) in [5.74, 6) is 0.878. The lowest BCUT2D eigenvalue weighted by molar-refractivity contribution is 0.624. The van der Waals surface area contributed by atoms with Crippen LogP contribution >= 0.6 is 11.3 Å². The van der Waals surface area contributed by atoms with Crippen molar-refractivity contribution in [2.45, 2.75) is 46.6 Å².